The second-order valence-corrected chi connectivity index (χ2v) is 7.50. The highest BCUT2D eigenvalue weighted by atomic mass is 19.1. The number of rotatable bonds is 4. The van der Waals surface area contributed by atoms with Gasteiger partial charge in [-0.2, -0.15) is 0 Å². The molecule has 4 heteroatoms. The molecule has 0 saturated heterocycles. The molecule has 0 aromatic heterocycles. The van der Waals surface area contributed by atoms with Crippen molar-refractivity contribution in [3.63, 3.8) is 0 Å². The molecule has 0 bridgehead atoms. The van der Waals surface area contributed by atoms with E-state index in [0.29, 0.717) is 6.61 Å². The fraction of sp³-hybridized carbons (Fsp3) is 0.455. The molecule has 1 aliphatic heterocycles. The smallest absolute Gasteiger partial charge is 0.123 e. The summed E-state index contributed by atoms with van der Waals surface area (Å²) in [5.74, 6) is -0.222. The first-order valence-electron chi connectivity index (χ1n) is 9.54. The molecular formula is C22H26FNO2. The zero-order valence-electron chi connectivity index (χ0n) is 15.0. The van der Waals surface area contributed by atoms with E-state index in [9.17, 15) is 9.50 Å². The third kappa shape index (κ3) is 3.98. The molecule has 0 spiro atoms. The van der Waals surface area contributed by atoms with Crippen LogP contribution in [0.2, 0.25) is 0 Å². The van der Waals surface area contributed by atoms with E-state index in [4.69, 9.17) is 4.74 Å². The van der Waals surface area contributed by atoms with Gasteiger partial charge in [0.1, 0.15) is 5.82 Å². The maximum atomic E-state index is 13.0. The molecule has 0 radical (unpaired) electrons. The maximum absolute atomic E-state index is 13.0. The molecule has 2 aromatic carbocycles. The van der Waals surface area contributed by atoms with Crippen LogP contribution in [-0.4, -0.2) is 34.8 Å². The molecule has 2 aromatic rings. The van der Waals surface area contributed by atoms with Crippen molar-refractivity contribution in [2.75, 3.05) is 6.54 Å². The molecule has 0 amide bonds. The first kappa shape index (κ1) is 17.7. The Hall–Kier alpha value is -1.75. The molecule has 1 aliphatic carbocycles. The summed E-state index contributed by atoms with van der Waals surface area (Å²) < 4.78 is 19.1. The Balaban J connectivity index is 1.37. The van der Waals surface area contributed by atoms with Crippen LogP contribution >= 0.6 is 0 Å². The minimum atomic E-state index is -0.286. The summed E-state index contributed by atoms with van der Waals surface area (Å²) in [6.07, 6.45) is 3.40. The first-order valence-corrected chi connectivity index (χ1v) is 9.54. The Morgan fingerprint density at radius 2 is 1.81 bits per heavy atom. The average Bonchev–Trinajstić information content (AvgIpc) is 2.68. The molecule has 26 heavy (non-hydrogen) atoms. The van der Waals surface area contributed by atoms with Crippen molar-refractivity contribution in [1.82, 2.24) is 4.90 Å². The topological polar surface area (TPSA) is 32.7 Å². The van der Waals surface area contributed by atoms with Crippen LogP contribution in [0.4, 0.5) is 4.39 Å². The zero-order chi connectivity index (χ0) is 17.9. The molecule has 1 fully saturated rings. The van der Waals surface area contributed by atoms with Crippen molar-refractivity contribution in [2.24, 2.45) is 0 Å². The van der Waals surface area contributed by atoms with Gasteiger partial charge in [0.2, 0.25) is 0 Å². The van der Waals surface area contributed by atoms with E-state index in [1.807, 2.05) is 0 Å². The molecule has 3 atom stereocenters. The standard InChI is InChI=1S/C22H26FNO2/c23-19-7-5-16(6-8-19)15-26-20-9-10-22(25)21(13-20)24-12-11-17-3-1-2-4-18(17)14-24/h1-8,20-22,25H,9-15H2/t20-,21-,22-/m1/s1. The van der Waals surface area contributed by atoms with Gasteiger partial charge >= 0.3 is 0 Å². The minimum absolute atomic E-state index is 0.144. The van der Waals surface area contributed by atoms with E-state index >= 15 is 0 Å². The second-order valence-electron chi connectivity index (χ2n) is 7.50. The molecule has 1 saturated carbocycles. The number of hydrogen-bond donors (Lipinski definition) is 1. The van der Waals surface area contributed by atoms with Crippen LogP contribution in [0, 0.1) is 5.82 Å². The van der Waals surface area contributed by atoms with E-state index in [2.05, 4.69) is 29.2 Å². The third-order valence-corrected chi connectivity index (χ3v) is 5.76. The van der Waals surface area contributed by atoms with Gasteiger partial charge in [-0.3, -0.25) is 4.90 Å². The predicted molar refractivity (Wildman–Crippen MR) is 99.2 cm³/mol. The zero-order valence-corrected chi connectivity index (χ0v) is 15.0. The Labute approximate surface area is 154 Å². The first-order chi connectivity index (χ1) is 12.7. The van der Waals surface area contributed by atoms with E-state index in [1.165, 1.54) is 23.3 Å². The number of halogens is 1. The van der Waals surface area contributed by atoms with Crippen molar-refractivity contribution >= 4 is 0 Å². The van der Waals surface area contributed by atoms with E-state index in [-0.39, 0.29) is 24.1 Å². The van der Waals surface area contributed by atoms with Gasteiger partial charge < -0.3 is 9.84 Å². The van der Waals surface area contributed by atoms with Crippen LogP contribution < -0.4 is 0 Å². The molecule has 138 valence electrons. The highest BCUT2D eigenvalue weighted by Gasteiger charge is 2.35. The lowest BCUT2D eigenvalue weighted by atomic mass is 9.87. The summed E-state index contributed by atoms with van der Waals surface area (Å²) in [5.41, 5.74) is 3.79. The van der Waals surface area contributed by atoms with Crippen molar-refractivity contribution in [1.29, 1.82) is 0 Å². The number of fused-ring (bicyclic) bond motifs is 1. The number of ether oxygens (including phenoxy) is 1. The number of hydrogen-bond acceptors (Lipinski definition) is 3. The SMILES string of the molecule is O[C@@H]1CC[C@@H](OCc2ccc(F)cc2)C[C@H]1N1CCc2ccccc2C1. The predicted octanol–water partition coefficient (Wildman–Crippen LogP) is 3.68. The summed E-state index contributed by atoms with van der Waals surface area (Å²) in [6.45, 7) is 2.39. The van der Waals surface area contributed by atoms with Crippen molar-refractivity contribution < 1.29 is 14.2 Å². The summed E-state index contributed by atoms with van der Waals surface area (Å²) in [4.78, 5) is 2.42. The number of nitrogens with zero attached hydrogens (tertiary/aromatic N) is 1. The number of aliphatic hydroxyl groups excluding tert-OH is 1. The van der Waals surface area contributed by atoms with Gasteiger partial charge in [0, 0.05) is 19.1 Å². The number of benzene rings is 2. The lowest BCUT2D eigenvalue weighted by molar-refractivity contribution is -0.0616. The fourth-order valence-electron chi connectivity index (χ4n) is 4.23. The van der Waals surface area contributed by atoms with Crippen molar-refractivity contribution in [3.05, 3.63) is 71.0 Å². The van der Waals surface area contributed by atoms with Crippen LogP contribution in [0.3, 0.4) is 0 Å². The summed E-state index contributed by atoms with van der Waals surface area (Å²) in [5, 5.41) is 10.6. The van der Waals surface area contributed by atoms with Gasteiger partial charge in [-0.1, -0.05) is 36.4 Å². The van der Waals surface area contributed by atoms with E-state index < -0.39 is 0 Å². The molecule has 1 N–H and O–H groups in total. The monoisotopic (exact) mass is 355 g/mol. The van der Waals surface area contributed by atoms with Crippen LogP contribution in [0.1, 0.15) is 36.0 Å². The summed E-state index contributed by atoms with van der Waals surface area (Å²) in [6, 6.07) is 15.2. The van der Waals surface area contributed by atoms with Crippen LogP contribution in [0.25, 0.3) is 0 Å². The van der Waals surface area contributed by atoms with E-state index in [0.717, 1.165) is 44.3 Å². The molecular weight excluding hydrogens is 329 g/mol. The minimum Gasteiger partial charge on any atom is -0.391 e. The highest BCUT2D eigenvalue weighted by Crippen LogP contribution is 2.30. The Bertz CT molecular complexity index is 733. The highest BCUT2D eigenvalue weighted by molar-refractivity contribution is 5.29. The van der Waals surface area contributed by atoms with Crippen LogP contribution in [0.15, 0.2) is 48.5 Å². The second kappa shape index (κ2) is 7.87. The lowest BCUT2D eigenvalue weighted by Crippen LogP contribution is -2.50. The molecule has 1 heterocycles. The molecule has 2 aliphatic rings. The van der Waals surface area contributed by atoms with Gasteiger partial charge in [-0.15, -0.1) is 0 Å². The quantitative estimate of drug-likeness (QED) is 0.908. The molecule has 4 rings (SSSR count). The van der Waals surface area contributed by atoms with Gasteiger partial charge in [0.25, 0.3) is 0 Å². The Morgan fingerprint density at radius 1 is 1.04 bits per heavy atom. The van der Waals surface area contributed by atoms with Gasteiger partial charge in [-0.05, 0) is 54.5 Å². The Kier molecular flexibility index (Phi) is 5.34. The van der Waals surface area contributed by atoms with Gasteiger partial charge in [0.15, 0.2) is 0 Å². The fourth-order valence-corrected chi connectivity index (χ4v) is 4.23. The lowest BCUT2D eigenvalue weighted by Gasteiger charge is -2.42. The average molecular weight is 355 g/mol. The maximum Gasteiger partial charge on any atom is 0.123 e. The largest absolute Gasteiger partial charge is 0.391 e. The van der Waals surface area contributed by atoms with Crippen LogP contribution in [-0.2, 0) is 24.3 Å². The van der Waals surface area contributed by atoms with Crippen molar-refractivity contribution in [3.8, 4) is 0 Å². The van der Waals surface area contributed by atoms with Gasteiger partial charge in [-0.25, -0.2) is 4.39 Å². The van der Waals surface area contributed by atoms with E-state index in [1.54, 1.807) is 12.1 Å². The Morgan fingerprint density at radius 3 is 2.62 bits per heavy atom. The summed E-state index contributed by atoms with van der Waals surface area (Å²) in [7, 11) is 0. The normalized spacial score (nSPS) is 26.5. The molecule has 0 unspecified atom stereocenters. The third-order valence-electron chi connectivity index (χ3n) is 5.76. The van der Waals surface area contributed by atoms with Gasteiger partial charge in [0.05, 0.1) is 18.8 Å². The summed E-state index contributed by atoms with van der Waals surface area (Å²) >= 11 is 0. The van der Waals surface area contributed by atoms with Crippen LogP contribution in [0.5, 0.6) is 0 Å². The van der Waals surface area contributed by atoms with Crippen molar-refractivity contribution in [2.45, 2.75) is 57.1 Å². The molecule has 3 nitrogen and oxygen atoms in total. The number of aliphatic hydroxyl groups is 1.